The molecule has 2 heterocycles. The van der Waals surface area contributed by atoms with E-state index in [1.54, 1.807) is 17.1 Å². The van der Waals surface area contributed by atoms with Crippen LogP contribution in [0.1, 0.15) is 56.5 Å². The van der Waals surface area contributed by atoms with Gasteiger partial charge < -0.3 is 4.90 Å². The molecule has 3 aromatic rings. The fourth-order valence-electron chi connectivity index (χ4n) is 4.12. The Morgan fingerprint density at radius 3 is 2.20 bits per heavy atom. The van der Waals surface area contributed by atoms with Crippen molar-refractivity contribution >= 4 is 5.91 Å². The van der Waals surface area contributed by atoms with Crippen LogP contribution in [0.25, 0.3) is 0 Å². The van der Waals surface area contributed by atoms with Gasteiger partial charge in [-0.1, -0.05) is 36.4 Å². The lowest BCUT2D eigenvalue weighted by atomic mass is 9.78. The van der Waals surface area contributed by atoms with Crippen molar-refractivity contribution in [1.29, 1.82) is 0 Å². The smallest absolute Gasteiger partial charge is 0.231 e. The number of pyridine rings is 1. The van der Waals surface area contributed by atoms with Gasteiger partial charge in [-0.15, -0.1) is 5.10 Å². The number of rotatable bonds is 8. The van der Waals surface area contributed by atoms with Crippen LogP contribution < -0.4 is 0 Å². The lowest BCUT2D eigenvalue weighted by Crippen LogP contribution is -2.46. The predicted molar refractivity (Wildman–Crippen MR) is 116 cm³/mol. The molecule has 0 saturated heterocycles. The van der Waals surface area contributed by atoms with Gasteiger partial charge in [0.25, 0.3) is 0 Å². The highest BCUT2D eigenvalue weighted by molar-refractivity contribution is 5.85. The van der Waals surface area contributed by atoms with Crippen LogP contribution in [0.3, 0.4) is 0 Å². The van der Waals surface area contributed by atoms with Crippen LogP contribution >= 0.6 is 0 Å². The third-order valence-corrected chi connectivity index (χ3v) is 5.42. The quantitative estimate of drug-likeness (QED) is 0.573. The van der Waals surface area contributed by atoms with Gasteiger partial charge in [0.15, 0.2) is 5.82 Å². The Labute approximate surface area is 178 Å². The minimum atomic E-state index is -0.400. The molecule has 7 heteroatoms. The Morgan fingerprint density at radius 1 is 1.00 bits per heavy atom. The summed E-state index contributed by atoms with van der Waals surface area (Å²) in [5.41, 5.74) is 1.98. The van der Waals surface area contributed by atoms with Crippen LogP contribution in [0.15, 0.2) is 54.9 Å². The Morgan fingerprint density at radius 2 is 1.67 bits per heavy atom. The van der Waals surface area contributed by atoms with Gasteiger partial charge in [-0.3, -0.25) is 9.78 Å². The van der Waals surface area contributed by atoms with Crippen LogP contribution in [0.5, 0.6) is 0 Å². The molecule has 1 aromatic carbocycles. The van der Waals surface area contributed by atoms with Crippen molar-refractivity contribution in [2.75, 3.05) is 0 Å². The number of carbonyl (C=O) groups excluding carboxylic acids is 1. The molecule has 3 rings (SSSR count). The predicted octanol–water partition coefficient (Wildman–Crippen LogP) is 3.36. The molecule has 0 saturated carbocycles. The summed E-state index contributed by atoms with van der Waals surface area (Å²) in [6.07, 6.45) is 4.08. The van der Waals surface area contributed by atoms with Crippen molar-refractivity contribution in [3.05, 3.63) is 71.8 Å². The van der Waals surface area contributed by atoms with E-state index < -0.39 is 5.92 Å². The van der Waals surface area contributed by atoms with Crippen molar-refractivity contribution in [3.63, 3.8) is 0 Å². The van der Waals surface area contributed by atoms with Gasteiger partial charge in [-0.05, 0) is 55.3 Å². The fraction of sp³-hybridized carbons (Fsp3) is 0.435. The average Bonchev–Trinajstić information content (AvgIpc) is 3.13. The van der Waals surface area contributed by atoms with Crippen molar-refractivity contribution in [3.8, 4) is 0 Å². The molecule has 0 fully saturated rings. The zero-order chi connectivity index (χ0) is 21.7. The first-order chi connectivity index (χ1) is 14.4. The largest absolute Gasteiger partial charge is 0.337 e. The number of amides is 1. The van der Waals surface area contributed by atoms with E-state index in [-0.39, 0.29) is 23.9 Å². The maximum absolute atomic E-state index is 14.0. The molecule has 7 nitrogen and oxygen atoms in total. The number of carbonyl (C=O) groups is 1. The first-order valence-corrected chi connectivity index (χ1v) is 10.4. The Kier molecular flexibility index (Phi) is 6.92. The monoisotopic (exact) mass is 406 g/mol. The first-order valence-electron chi connectivity index (χ1n) is 10.4. The molecule has 0 aliphatic carbocycles. The molecular weight excluding hydrogens is 376 g/mol. The lowest BCUT2D eigenvalue weighted by Gasteiger charge is -2.37. The van der Waals surface area contributed by atoms with Crippen LogP contribution in [0, 0.1) is 0 Å². The number of tetrazole rings is 1. The maximum atomic E-state index is 14.0. The molecule has 0 aliphatic rings. The van der Waals surface area contributed by atoms with Gasteiger partial charge >= 0.3 is 0 Å². The molecule has 30 heavy (non-hydrogen) atoms. The summed E-state index contributed by atoms with van der Waals surface area (Å²) in [5, 5.41) is 12.0. The highest BCUT2D eigenvalue weighted by atomic mass is 16.2. The van der Waals surface area contributed by atoms with E-state index in [1.807, 2.05) is 42.3 Å². The summed E-state index contributed by atoms with van der Waals surface area (Å²) in [6.45, 7) is 8.23. The molecule has 2 unspecified atom stereocenters. The van der Waals surface area contributed by atoms with E-state index >= 15 is 0 Å². The Balaban J connectivity index is 2.13. The third-order valence-electron chi connectivity index (χ3n) is 5.42. The van der Waals surface area contributed by atoms with E-state index in [1.165, 1.54) is 0 Å². The number of aromatic nitrogens is 5. The Hall–Kier alpha value is -3.09. The lowest BCUT2D eigenvalue weighted by molar-refractivity contribution is -0.137. The number of aryl methyl sites for hydroxylation is 1. The van der Waals surface area contributed by atoms with Gasteiger partial charge in [0.2, 0.25) is 5.91 Å². The molecule has 2 atom stereocenters. The topological polar surface area (TPSA) is 76.8 Å². The van der Waals surface area contributed by atoms with E-state index in [4.69, 9.17) is 0 Å². The molecule has 0 spiro atoms. The average molecular weight is 407 g/mol. The van der Waals surface area contributed by atoms with E-state index in [0.29, 0.717) is 6.42 Å². The van der Waals surface area contributed by atoms with E-state index in [2.05, 4.69) is 60.3 Å². The van der Waals surface area contributed by atoms with Gasteiger partial charge in [0, 0.05) is 43.9 Å². The maximum Gasteiger partial charge on any atom is 0.231 e. The minimum Gasteiger partial charge on any atom is -0.337 e. The third kappa shape index (κ3) is 4.72. The number of hydrogen-bond acceptors (Lipinski definition) is 5. The van der Waals surface area contributed by atoms with E-state index in [9.17, 15) is 4.79 Å². The molecule has 0 aliphatic heterocycles. The molecule has 0 N–H and O–H groups in total. The van der Waals surface area contributed by atoms with Gasteiger partial charge in [0.1, 0.15) is 0 Å². The molecule has 158 valence electrons. The highest BCUT2D eigenvalue weighted by Crippen LogP contribution is 2.37. The van der Waals surface area contributed by atoms with Gasteiger partial charge in [-0.25, -0.2) is 4.68 Å². The van der Waals surface area contributed by atoms with Crippen LogP contribution in [-0.2, 0) is 18.3 Å². The number of nitrogens with zero attached hydrogens (tertiary/aromatic N) is 6. The summed E-state index contributed by atoms with van der Waals surface area (Å²) in [6, 6.07) is 14.2. The minimum absolute atomic E-state index is 0.0876. The molecule has 2 aromatic heterocycles. The summed E-state index contributed by atoms with van der Waals surface area (Å²) in [5.74, 6) is 0.304. The van der Waals surface area contributed by atoms with Crippen molar-refractivity contribution in [2.24, 2.45) is 7.05 Å². The zero-order valence-electron chi connectivity index (χ0n) is 18.3. The molecule has 0 bridgehead atoms. The van der Waals surface area contributed by atoms with Gasteiger partial charge in [0.05, 0.1) is 5.92 Å². The molecule has 0 radical (unpaired) electrons. The zero-order valence-corrected chi connectivity index (χ0v) is 18.3. The van der Waals surface area contributed by atoms with E-state index in [0.717, 1.165) is 17.0 Å². The van der Waals surface area contributed by atoms with Crippen molar-refractivity contribution < 1.29 is 4.79 Å². The summed E-state index contributed by atoms with van der Waals surface area (Å²) in [4.78, 5) is 20.3. The second-order valence-electron chi connectivity index (χ2n) is 8.14. The summed E-state index contributed by atoms with van der Waals surface area (Å²) >= 11 is 0. The summed E-state index contributed by atoms with van der Waals surface area (Å²) in [7, 11) is 1.83. The normalized spacial score (nSPS) is 13.4. The fourth-order valence-corrected chi connectivity index (χ4v) is 4.12. The van der Waals surface area contributed by atoms with Crippen LogP contribution in [0.2, 0.25) is 0 Å². The van der Waals surface area contributed by atoms with Crippen molar-refractivity contribution in [1.82, 2.24) is 30.1 Å². The van der Waals surface area contributed by atoms with Gasteiger partial charge in [-0.2, -0.15) is 0 Å². The van der Waals surface area contributed by atoms with Crippen molar-refractivity contribution in [2.45, 2.75) is 58.0 Å². The Bertz CT molecular complexity index is 931. The second kappa shape index (κ2) is 9.61. The highest BCUT2D eigenvalue weighted by Gasteiger charge is 2.37. The van der Waals surface area contributed by atoms with Crippen LogP contribution in [-0.4, -0.2) is 48.1 Å². The first kappa shape index (κ1) is 21.6. The second-order valence-corrected chi connectivity index (χ2v) is 8.14. The SMILES string of the molecule is CC(C)N(C(=O)C(c1cccnc1)C(Cc1nnnn1C)c1ccccc1)C(C)C. The molecule has 1 amide bonds. The number of benzene rings is 1. The summed E-state index contributed by atoms with van der Waals surface area (Å²) < 4.78 is 1.67. The molecular formula is C23H30N6O. The standard InChI is InChI=1S/C23H30N6O/c1-16(2)29(17(3)4)23(30)22(19-12-9-13-24-15-19)20(18-10-7-6-8-11-18)14-21-25-26-27-28(21)5/h6-13,15-17,20,22H,14H2,1-5H3. The number of hydrogen-bond donors (Lipinski definition) is 0. The van der Waals surface area contributed by atoms with Crippen LogP contribution in [0.4, 0.5) is 0 Å².